The molecule has 1 aliphatic rings. The molecule has 0 atom stereocenters. The SMILES string of the molecule is COC(=O)c1cccc(NC(=S)Nc2cc(CN3C(=O)N(c4ccc(SC(F)(F)F)cc4)C(=O)C3(C)C)ccn2)c1. The van der Waals surface area contributed by atoms with Crippen molar-refractivity contribution in [1.29, 1.82) is 0 Å². The van der Waals surface area contributed by atoms with Crippen LogP contribution in [0.2, 0.25) is 0 Å². The molecule has 14 heteroatoms. The molecule has 41 heavy (non-hydrogen) atoms. The number of halogens is 3. The van der Waals surface area contributed by atoms with E-state index in [2.05, 4.69) is 15.6 Å². The zero-order chi connectivity index (χ0) is 29.9. The van der Waals surface area contributed by atoms with Crippen LogP contribution in [0.1, 0.15) is 29.8 Å². The van der Waals surface area contributed by atoms with Crippen molar-refractivity contribution in [2.24, 2.45) is 0 Å². The van der Waals surface area contributed by atoms with Crippen LogP contribution >= 0.6 is 24.0 Å². The predicted octanol–water partition coefficient (Wildman–Crippen LogP) is 6.04. The molecule has 2 aromatic carbocycles. The fraction of sp³-hybridized carbons (Fsp3) is 0.222. The molecule has 1 saturated heterocycles. The number of ether oxygens (including phenoxy) is 1. The largest absolute Gasteiger partial charge is 0.465 e. The quantitative estimate of drug-likeness (QED) is 0.145. The van der Waals surface area contributed by atoms with Crippen LogP contribution in [0.3, 0.4) is 0 Å². The van der Waals surface area contributed by atoms with Crippen molar-refractivity contribution >= 4 is 64.2 Å². The summed E-state index contributed by atoms with van der Waals surface area (Å²) in [4.78, 5) is 44.9. The summed E-state index contributed by atoms with van der Waals surface area (Å²) in [6, 6.07) is 14.4. The highest BCUT2D eigenvalue weighted by atomic mass is 32.2. The Morgan fingerprint density at radius 3 is 2.44 bits per heavy atom. The van der Waals surface area contributed by atoms with Crippen molar-refractivity contribution < 1.29 is 32.3 Å². The maximum atomic E-state index is 13.4. The maximum Gasteiger partial charge on any atom is 0.446 e. The number of imide groups is 1. The molecule has 2 heterocycles. The van der Waals surface area contributed by atoms with E-state index in [1.165, 1.54) is 42.5 Å². The summed E-state index contributed by atoms with van der Waals surface area (Å²) in [6.07, 6.45) is 1.52. The lowest BCUT2D eigenvalue weighted by Crippen LogP contribution is -2.43. The Kier molecular flexibility index (Phi) is 8.54. The zero-order valence-corrected chi connectivity index (χ0v) is 23.6. The minimum Gasteiger partial charge on any atom is -0.465 e. The monoisotopic (exact) mass is 603 g/mol. The third-order valence-electron chi connectivity index (χ3n) is 6.10. The molecule has 2 N–H and O–H groups in total. The number of nitrogens with zero attached hydrogens (tertiary/aromatic N) is 3. The molecular formula is C27H24F3N5O4S2. The molecular weight excluding hydrogens is 579 g/mol. The van der Waals surface area contributed by atoms with Crippen molar-refractivity contribution in [3.8, 4) is 0 Å². The van der Waals surface area contributed by atoms with Gasteiger partial charge in [0, 0.05) is 23.3 Å². The van der Waals surface area contributed by atoms with Crippen molar-refractivity contribution in [1.82, 2.24) is 9.88 Å². The third kappa shape index (κ3) is 6.95. The highest BCUT2D eigenvalue weighted by molar-refractivity contribution is 8.00. The molecule has 9 nitrogen and oxygen atoms in total. The van der Waals surface area contributed by atoms with Crippen LogP contribution in [-0.2, 0) is 16.1 Å². The van der Waals surface area contributed by atoms with Gasteiger partial charge in [0.1, 0.15) is 11.4 Å². The Balaban J connectivity index is 1.46. The number of methoxy groups -OCH3 is 1. The summed E-state index contributed by atoms with van der Waals surface area (Å²) in [6.45, 7) is 3.25. The number of benzene rings is 2. The van der Waals surface area contributed by atoms with E-state index in [0.717, 1.165) is 4.90 Å². The smallest absolute Gasteiger partial charge is 0.446 e. The minimum absolute atomic E-state index is 0.0502. The molecule has 3 amide bonds. The van der Waals surface area contributed by atoms with Crippen LogP contribution in [0.25, 0.3) is 0 Å². The standard InChI is InChI=1S/C27H24F3N5O4S2/c1-26(2)23(37)35(19-7-9-20(10-8-19)41-27(28,29)30)25(38)34(26)15-16-11-12-31-21(13-16)33-24(40)32-18-6-4-5-17(14-18)22(36)39-3/h4-14H,15H2,1-3H3,(H2,31,32,33,40). The van der Waals surface area contributed by atoms with Crippen LogP contribution in [0, 0.1) is 0 Å². The average molecular weight is 604 g/mol. The number of esters is 1. The molecule has 1 aromatic heterocycles. The Bertz CT molecular complexity index is 1500. The number of carbonyl (C=O) groups excluding carboxylic acids is 3. The molecule has 0 bridgehead atoms. The molecule has 0 unspecified atom stereocenters. The van der Waals surface area contributed by atoms with E-state index >= 15 is 0 Å². The molecule has 1 fully saturated rings. The predicted molar refractivity (Wildman–Crippen MR) is 153 cm³/mol. The number of hydrogen-bond acceptors (Lipinski definition) is 7. The van der Waals surface area contributed by atoms with Gasteiger partial charge in [-0.15, -0.1) is 0 Å². The van der Waals surface area contributed by atoms with E-state index in [1.54, 1.807) is 50.2 Å². The molecule has 0 radical (unpaired) electrons. The van der Waals surface area contributed by atoms with Gasteiger partial charge < -0.3 is 20.3 Å². The Hall–Kier alpha value is -4.17. The second-order valence-corrected chi connectivity index (χ2v) is 10.9. The summed E-state index contributed by atoms with van der Waals surface area (Å²) < 4.78 is 42.8. The fourth-order valence-electron chi connectivity index (χ4n) is 4.07. The molecule has 0 saturated carbocycles. The number of rotatable bonds is 7. The maximum absolute atomic E-state index is 13.4. The number of amides is 3. The summed E-state index contributed by atoms with van der Waals surface area (Å²) in [7, 11) is 1.29. The lowest BCUT2D eigenvalue weighted by atomic mass is 10.0. The second kappa shape index (κ2) is 11.7. The number of thiocarbonyl (C=S) groups is 1. The van der Waals surface area contributed by atoms with Crippen LogP contribution in [0.4, 0.5) is 35.2 Å². The molecule has 0 spiro atoms. The van der Waals surface area contributed by atoms with Crippen molar-refractivity contribution in [2.75, 3.05) is 22.6 Å². The van der Waals surface area contributed by atoms with Gasteiger partial charge in [0.25, 0.3) is 5.91 Å². The number of aromatic nitrogens is 1. The van der Waals surface area contributed by atoms with Crippen LogP contribution in [-0.4, -0.2) is 51.1 Å². The van der Waals surface area contributed by atoms with E-state index in [0.29, 0.717) is 22.6 Å². The summed E-state index contributed by atoms with van der Waals surface area (Å²) in [5.74, 6) is -0.629. The van der Waals surface area contributed by atoms with Crippen LogP contribution in [0.15, 0.2) is 71.8 Å². The van der Waals surface area contributed by atoms with Gasteiger partial charge in [0.05, 0.1) is 18.4 Å². The second-order valence-electron chi connectivity index (χ2n) is 9.31. The van der Waals surface area contributed by atoms with E-state index in [-0.39, 0.29) is 34.0 Å². The number of alkyl halides is 3. The third-order valence-corrected chi connectivity index (χ3v) is 7.04. The van der Waals surface area contributed by atoms with E-state index in [9.17, 15) is 27.6 Å². The highest BCUT2D eigenvalue weighted by Gasteiger charge is 2.51. The van der Waals surface area contributed by atoms with Gasteiger partial charge in [0.15, 0.2) is 5.11 Å². The number of carbonyl (C=O) groups is 3. The van der Waals surface area contributed by atoms with Crippen LogP contribution in [0.5, 0.6) is 0 Å². The number of hydrogen-bond donors (Lipinski definition) is 2. The van der Waals surface area contributed by atoms with Gasteiger partial charge in [-0.3, -0.25) is 4.79 Å². The van der Waals surface area contributed by atoms with Gasteiger partial charge in [-0.25, -0.2) is 19.5 Å². The summed E-state index contributed by atoms with van der Waals surface area (Å²) in [5.41, 5.74) is -3.97. The first-order valence-electron chi connectivity index (χ1n) is 12.0. The van der Waals surface area contributed by atoms with E-state index in [1.807, 2.05) is 0 Å². The number of anilines is 3. The number of pyridine rings is 1. The Morgan fingerprint density at radius 2 is 1.78 bits per heavy atom. The summed E-state index contributed by atoms with van der Waals surface area (Å²) in [5, 5.41) is 6.10. The Labute approximate surface area is 243 Å². The zero-order valence-electron chi connectivity index (χ0n) is 22.0. The number of thioether (sulfide) groups is 1. The van der Waals surface area contributed by atoms with Crippen molar-refractivity contribution in [3.63, 3.8) is 0 Å². The topological polar surface area (TPSA) is 104 Å². The Morgan fingerprint density at radius 1 is 1.07 bits per heavy atom. The van der Waals surface area contributed by atoms with Crippen molar-refractivity contribution in [3.05, 3.63) is 78.0 Å². The highest BCUT2D eigenvalue weighted by Crippen LogP contribution is 2.39. The first kappa shape index (κ1) is 29.8. The van der Waals surface area contributed by atoms with Crippen molar-refractivity contribution in [2.45, 2.75) is 36.3 Å². The molecule has 1 aliphatic heterocycles. The average Bonchev–Trinajstić information content (AvgIpc) is 3.07. The molecule has 214 valence electrons. The van der Waals surface area contributed by atoms with Crippen LogP contribution < -0.4 is 15.5 Å². The van der Waals surface area contributed by atoms with Gasteiger partial charge in [-0.1, -0.05) is 6.07 Å². The normalized spacial score (nSPS) is 14.7. The number of urea groups is 1. The van der Waals surface area contributed by atoms with Gasteiger partial charge >= 0.3 is 17.5 Å². The lowest BCUT2D eigenvalue weighted by molar-refractivity contribution is -0.123. The fourth-order valence-corrected chi connectivity index (χ4v) is 4.83. The lowest BCUT2D eigenvalue weighted by Gasteiger charge is -2.27. The number of nitrogens with one attached hydrogen (secondary N) is 2. The first-order chi connectivity index (χ1) is 19.3. The van der Waals surface area contributed by atoms with Gasteiger partial charge in [0.2, 0.25) is 0 Å². The summed E-state index contributed by atoms with van der Waals surface area (Å²) >= 11 is 5.08. The van der Waals surface area contributed by atoms with Gasteiger partial charge in [-0.2, -0.15) is 13.2 Å². The van der Waals surface area contributed by atoms with E-state index < -0.39 is 29.0 Å². The minimum atomic E-state index is -4.45. The molecule has 4 rings (SSSR count). The van der Waals surface area contributed by atoms with Gasteiger partial charge in [-0.05, 0) is 98.0 Å². The molecule has 0 aliphatic carbocycles. The van der Waals surface area contributed by atoms with E-state index in [4.69, 9.17) is 17.0 Å². The first-order valence-corrected chi connectivity index (χ1v) is 13.2. The molecule has 3 aromatic rings.